The van der Waals surface area contributed by atoms with Crippen molar-refractivity contribution in [2.75, 3.05) is 5.32 Å². The van der Waals surface area contributed by atoms with E-state index < -0.39 is 0 Å². The van der Waals surface area contributed by atoms with Gasteiger partial charge in [-0.05, 0) is 42.2 Å². The van der Waals surface area contributed by atoms with E-state index in [1.54, 1.807) is 0 Å². The summed E-state index contributed by atoms with van der Waals surface area (Å²) in [6, 6.07) is 22.4. The highest BCUT2D eigenvalue weighted by Crippen LogP contribution is 2.28. The Hall–Kier alpha value is -3.12. The summed E-state index contributed by atoms with van der Waals surface area (Å²) >= 11 is 0. The number of nitrogens with zero attached hydrogens (tertiary/aromatic N) is 2. The molecule has 3 nitrogen and oxygen atoms in total. The van der Waals surface area contributed by atoms with Gasteiger partial charge in [-0.25, -0.2) is 4.98 Å². The Morgan fingerprint density at radius 3 is 2.44 bits per heavy atom. The molecule has 124 valence electrons. The van der Waals surface area contributed by atoms with E-state index in [9.17, 15) is 5.26 Å². The first-order chi connectivity index (χ1) is 12.1. The van der Waals surface area contributed by atoms with Crippen LogP contribution in [0.2, 0.25) is 0 Å². The molecule has 1 heterocycles. The molecule has 0 bridgehead atoms. The van der Waals surface area contributed by atoms with Crippen LogP contribution in [0, 0.1) is 18.3 Å². The fourth-order valence-corrected chi connectivity index (χ4v) is 2.81. The lowest BCUT2D eigenvalue weighted by atomic mass is 10.0. The van der Waals surface area contributed by atoms with E-state index >= 15 is 0 Å². The Labute approximate surface area is 149 Å². The third-order valence-electron chi connectivity index (χ3n) is 4.23. The van der Waals surface area contributed by atoms with Gasteiger partial charge in [-0.15, -0.1) is 0 Å². The zero-order valence-electron chi connectivity index (χ0n) is 14.7. The van der Waals surface area contributed by atoms with E-state index in [-0.39, 0.29) is 0 Å². The highest BCUT2D eigenvalue weighted by molar-refractivity contribution is 5.73. The van der Waals surface area contributed by atoms with Crippen LogP contribution in [0.3, 0.4) is 0 Å². The summed E-state index contributed by atoms with van der Waals surface area (Å²) in [5.74, 6) is 1.05. The molecular weight excluding hydrogens is 306 g/mol. The van der Waals surface area contributed by atoms with Crippen LogP contribution < -0.4 is 5.32 Å². The number of aryl methyl sites for hydroxylation is 1. The second kappa shape index (κ2) is 7.19. The van der Waals surface area contributed by atoms with Crippen LogP contribution in [-0.2, 0) is 0 Å². The molecule has 0 amide bonds. The minimum atomic E-state index is 0.451. The molecule has 0 aliphatic rings. The molecular formula is C22H21N3. The van der Waals surface area contributed by atoms with E-state index in [1.807, 2.05) is 55.5 Å². The molecule has 0 aliphatic carbocycles. The normalized spacial score (nSPS) is 10.5. The van der Waals surface area contributed by atoms with E-state index in [0.29, 0.717) is 17.3 Å². The molecule has 25 heavy (non-hydrogen) atoms. The highest BCUT2D eigenvalue weighted by Gasteiger charge is 2.11. The fraction of sp³-hybridized carbons (Fsp3) is 0.182. The summed E-state index contributed by atoms with van der Waals surface area (Å²) in [4.78, 5) is 4.66. The standard InChI is InChI=1S/C22H21N3/c1-15(2)18-10-7-11-20(12-18)25-22-19(14-23)13-21(16(3)24-22)17-8-5-4-6-9-17/h4-13,15H,1-3H3,(H,24,25). The summed E-state index contributed by atoms with van der Waals surface area (Å²) in [6.07, 6.45) is 0. The third kappa shape index (κ3) is 3.70. The average Bonchev–Trinajstić information content (AvgIpc) is 2.63. The quantitative estimate of drug-likeness (QED) is 0.659. The fourth-order valence-electron chi connectivity index (χ4n) is 2.81. The van der Waals surface area contributed by atoms with Crippen molar-refractivity contribution < 1.29 is 0 Å². The molecule has 0 fully saturated rings. The van der Waals surface area contributed by atoms with Crippen LogP contribution in [0.15, 0.2) is 60.7 Å². The van der Waals surface area contributed by atoms with Gasteiger partial charge in [-0.3, -0.25) is 0 Å². The van der Waals surface area contributed by atoms with Gasteiger partial charge in [-0.2, -0.15) is 5.26 Å². The number of pyridine rings is 1. The van der Waals surface area contributed by atoms with Crippen LogP contribution in [0.5, 0.6) is 0 Å². The van der Waals surface area contributed by atoms with Gasteiger partial charge in [-0.1, -0.05) is 56.3 Å². The van der Waals surface area contributed by atoms with Crippen LogP contribution >= 0.6 is 0 Å². The Morgan fingerprint density at radius 2 is 1.76 bits per heavy atom. The van der Waals surface area contributed by atoms with Crippen molar-refractivity contribution in [2.24, 2.45) is 0 Å². The number of hydrogen-bond donors (Lipinski definition) is 1. The van der Waals surface area contributed by atoms with Gasteiger partial charge < -0.3 is 5.32 Å². The largest absolute Gasteiger partial charge is 0.339 e. The van der Waals surface area contributed by atoms with Crippen molar-refractivity contribution in [2.45, 2.75) is 26.7 Å². The van der Waals surface area contributed by atoms with Crippen LogP contribution in [0.1, 0.15) is 36.6 Å². The number of nitriles is 1. The molecule has 0 saturated carbocycles. The number of aromatic nitrogens is 1. The molecule has 0 radical (unpaired) electrons. The molecule has 3 heteroatoms. The van der Waals surface area contributed by atoms with E-state index in [2.05, 4.69) is 42.4 Å². The topological polar surface area (TPSA) is 48.7 Å². The Balaban J connectivity index is 1.99. The van der Waals surface area contributed by atoms with Crippen molar-refractivity contribution in [3.8, 4) is 17.2 Å². The number of anilines is 2. The maximum Gasteiger partial charge on any atom is 0.148 e. The summed E-state index contributed by atoms with van der Waals surface area (Å²) in [7, 11) is 0. The molecule has 1 aromatic heterocycles. The highest BCUT2D eigenvalue weighted by atomic mass is 15.0. The lowest BCUT2D eigenvalue weighted by Crippen LogP contribution is -2.01. The van der Waals surface area contributed by atoms with Gasteiger partial charge in [0, 0.05) is 16.9 Å². The zero-order valence-corrected chi connectivity index (χ0v) is 14.7. The first-order valence-electron chi connectivity index (χ1n) is 8.42. The predicted molar refractivity (Wildman–Crippen MR) is 103 cm³/mol. The molecule has 0 aliphatic heterocycles. The van der Waals surface area contributed by atoms with Crippen molar-refractivity contribution >= 4 is 11.5 Å². The predicted octanol–water partition coefficient (Wildman–Crippen LogP) is 5.80. The van der Waals surface area contributed by atoms with Crippen molar-refractivity contribution in [3.05, 3.63) is 77.5 Å². The van der Waals surface area contributed by atoms with E-state index in [0.717, 1.165) is 22.5 Å². The third-order valence-corrected chi connectivity index (χ3v) is 4.23. The average molecular weight is 327 g/mol. The second-order valence-corrected chi connectivity index (χ2v) is 6.40. The minimum Gasteiger partial charge on any atom is -0.339 e. The molecule has 3 aromatic rings. The maximum absolute atomic E-state index is 9.57. The molecule has 0 unspecified atom stereocenters. The van der Waals surface area contributed by atoms with Gasteiger partial charge in [0.25, 0.3) is 0 Å². The Morgan fingerprint density at radius 1 is 1.00 bits per heavy atom. The molecule has 0 saturated heterocycles. The van der Waals surface area contributed by atoms with Gasteiger partial charge in [0.1, 0.15) is 11.9 Å². The van der Waals surface area contributed by atoms with E-state index in [1.165, 1.54) is 5.56 Å². The lowest BCUT2D eigenvalue weighted by Gasteiger charge is -2.13. The van der Waals surface area contributed by atoms with E-state index in [4.69, 9.17) is 0 Å². The summed E-state index contributed by atoms with van der Waals surface area (Å²) in [6.45, 7) is 6.30. The summed E-state index contributed by atoms with van der Waals surface area (Å²) in [5, 5.41) is 12.9. The monoisotopic (exact) mass is 327 g/mol. The van der Waals surface area contributed by atoms with Crippen LogP contribution in [-0.4, -0.2) is 4.98 Å². The molecule has 1 N–H and O–H groups in total. The van der Waals surface area contributed by atoms with Crippen LogP contribution in [0.4, 0.5) is 11.5 Å². The number of benzene rings is 2. The van der Waals surface area contributed by atoms with Crippen molar-refractivity contribution in [1.82, 2.24) is 4.98 Å². The molecule has 2 aromatic carbocycles. The lowest BCUT2D eigenvalue weighted by molar-refractivity contribution is 0.867. The first-order valence-corrected chi connectivity index (χ1v) is 8.42. The van der Waals surface area contributed by atoms with Gasteiger partial charge in [0.05, 0.1) is 5.56 Å². The second-order valence-electron chi connectivity index (χ2n) is 6.40. The summed E-state index contributed by atoms with van der Waals surface area (Å²) in [5.41, 5.74) is 5.69. The van der Waals surface area contributed by atoms with Crippen molar-refractivity contribution in [1.29, 1.82) is 5.26 Å². The molecule has 0 spiro atoms. The zero-order chi connectivity index (χ0) is 17.8. The first kappa shape index (κ1) is 16.7. The Kier molecular flexibility index (Phi) is 4.81. The van der Waals surface area contributed by atoms with Gasteiger partial charge >= 0.3 is 0 Å². The molecule has 3 rings (SSSR count). The smallest absolute Gasteiger partial charge is 0.148 e. The van der Waals surface area contributed by atoms with Gasteiger partial charge in [0.2, 0.25) is 0 Å². The minimum absolute atomic E-state index is 0.451. The van der Waals surface area contributed by atoms with Crippen LogP contribution in [0.25, 0.3) is 11.1 Å². The van der Waals surface area contributed by atoms with Gasteiger partial charge in [0.15, 0.2) is 0 Å². The number of nitrogens with one attached hydrogen (secondary N) is 1. The maximum atomic E-state index is 9.57. The Bertz CT molecular complexity index is 922. The summed E-state index contributed by atoms with van der Waals surface area (Å²) < 4.78 is 0. The SMILES string of the molecule is Cc1nc(Nc2cccc(C(C)C)c2)c(C#N)cc1-c1ccccc1. The number of rotatable bonds is 4. The van der Waals surface area contributed by atoms with Crippen molar-refractivity contribution in [3.63, 3.8) is 0 Å². The number of hydrogen-bond acceptors (Lipinski definition) is 3. The molecule has 0 atom stereocenters.